The highest BCUT2D eigenvalue weighted by Crippen LogP contribution is 2.20. The maximum atomic E-state index is 5.29. The third kappa shape index (κ3) is 2.30. The number of fused-ring (bicyclic) bond motifs is 1. The second-order valence-corrected chi connectivity index (χ2v) is 4.10. The molecule has 1 heterocycles. The van der Waals surface area contributed by atoms with Gasteiger partial charge in [-0.2, -0.15) is 4.98 Å². The van der Waals surface area contributed by atoms with Crippen molar-refractivity contribution in [3.63, 3.8) is 0 Å². The van der Waals surface area contributed by atoms with E-state index in [4.69, 9.17) is 4.84 Å². The molecule has 0 amide bonds. The summed E-state index contributed by atoms with van der Waals surface area (Å²) in [7, 11) is 0. The largest absolute Gasteiger partial charge is 0.335 e. The second kappa shape index (κ2) is 4.94. The fourth-order valence-corrected chi connectivity index (χ4v) is 1.31. The van der Waals surface area contributed by atoms with Crippen LogP contribution in [-0.4, -0.2) is 21.3 Å². The molecule has 0 fully saturated rings. The topological polar surface area (TPSA) is 47.4 Å². The summed E-state index contributed by atoms with van der Waals surface area (Å²) in [5.74, 6) is 0.485. The SMILES string of the molecule is CS/C(C)=N/Oc1ncnc2ccccc12. The summed E-state index contributed by atoms with van der Waals surface area (Å²) < 4.78 is 0. The molecule has 0 aliphatic rings. The molecule has 0 atom stereocenters. The fraction of sp³-hybridized carbons (Fsp3) is 0.182. The van der Waals surface area contributed by atoms with Crippen molar-refractivity contribution in [1.82, 2.24) is 9.97 Å². The summed E-state index contributed by atoms with van der Waals surface area (Å²) in [6.45, 7) is 1.88. The zero-order valence-corrected chi connectivity index (χ0v) is 9.86. The normalized spacial score (nSPS) is 11.8. The fourth-order valence-electron chi connectivity index (χ4n) is 1.20. The zero-order valence-electron chi connectivity index (χ0n) is 9.04. The lowest BCUT2D eigenvalue weighted by molar-refractivity contribution is 0.333. The highest BCUT2D eigenvalue weighted by molar-refractivity contribution is 8.13. The Hall–Kier alpha value is -1.62. The van der Waals surface area contributed by atoms with Gasteiger partial charge in [0, 0.05) is 0 Å². The Bertz CT molecular complexity index is 522. The quantitative estimate of drug-likeness (QED) is 0.454. The van der Waals surface area contributed by atoms with Gasteiger partial charge in [-0.1, -0.05) is 17.3 Å². The van der Waals surface area contributed by atoms with Crippen LogP contribution >= 0.6 is 11.8 Å². The summed E-state index contributed by atoms with van der Waals surface area (Å²) in [5.41, 5.74) is 0.851. The maximum absolute atomic E-state index is 5.29. The monoisotopic (exact) mass is 233 g/mol. The van der Waals surface area contributed by atoms with Crippen LogP contribution in [0.4, 0.5) is 0 Å². The van der Waals surface area contributed by atoms with Crippen molar-refractivity contribution in [2.75, 3.05) is 6.26 Å². The summed E-state index contributed by atoms with van der Waals surface area (Å²) in [6, 6.07) is 7.67. The molecular weight excluding hydrogens is 222 g/mol. The van der Waals surface area contributed by atoms with Gasteiger partial charge in [-0.15, -0.1) is 11.8 Å². The Morgan fingerprint density at radius 1 is 1.31 bits per heavy atom. The Morgan fingerprint density at radius 3 is 2.94 bits per heavy atom. The summed E-state index contributed by atoms with van der Waals surface area (Å²) >= 11 is 1.53. The number of nitrogens with zero attached hydrogens (tertiary/aromatic N) is 3. The third-order valence-electron chi connectivity index (χ3n) is 2.06. The Kier molecular flexibility index (Phi) is 3.36. The average Bonchev–Trinajstić information content (AvgIpc) is 2.35. The number of aromatic nitrogens is 2. The van der Waals surface area contributed by atoms with E-state index in [2.05, 4.69) is 15.1 Å². The Labute approximate surface area is 97.7 Å². The number of thioether (sulfide) groups is 1. The van der Waals surface area contributed by atoms with Crippen molar-refractivity contribution in [1.29, 1.82) is 0 Å². The number of hydrogen-bond donors (Lipinski definition) is 0. The van der Waals surface area contributed by atoms with E-state index in [0.29, 0.717) is 5.88 Å². The van der Waals surface area contributed by atoms with E-state index in [-0.39, 0.29) is 0 Å². The third-order valence-corrected chi connectivity index (χ3v) is 2.73. The number of oxime groups is 1. The van der Waals surface area contributed by atoms with E-state index in [1.807, 2.05) is 37.4 Å². The molecule has 0 spiro atoms. The lowest BCUT2D eigenvalue weighted by atomic mass is 10.2. The van der Waals surface area contributed by atoms with Crippen molar-refractivity contribution < 1.29 is 4.84 Å². The molecular formula is C11H11N3OS. The van der Waals surface area contributed by atoms with Crippen LogP contribution in [0.15, 0.2) is 35.7 Å². The van der Waals surface area contributed by atoms with Gasteiger partial charge in [-0.3, -0.25) is 0 Å². The van der Waals surface area contributed by atoms with Gasteiger partial charge < -0.3 is 4.84 Å². The van der Waals surface area contributed by atoms with Gasteiger partial charge in [-0.25, -0.2) is 4.98 Å². The van der Waals surface area contributed by atoms with Crippen molar-refractivity contribution in [2.45, 2.75) is 6.92 Å². The van der Waals surface area contributed by atoms with Gasteiger partial charge in [-0.05, 0) is 25.3 Å². The molecule has 5 heteroatoms. The van der Waals surface area contributed by atoms with Crippen LogP contribution < -0.4 is 4.84 Å². The van der Waals surface area contributed by atoms with Crippen LogP contribution in [0.25, 0.3) is 10.9 Å². The number of para-hydroxylation sites is 1. The molecule has 0 bridgehead atoms. The predicted molar refractivity (Wildman–Crippen MR) is 66.8 cm³/mol. The first-order valence-electron chi connectivity index (χ1n) is 4.76. The summed E-state index contributed by atoms with van der Waals surface area (Å²) in [5, 5.41) is 5.67. The molecule has 1 aromatic heterocycles. The molecule has 0 N–H and O–H groups in total. The number of benzene rings is 1. The van der Waals surface area contributed by atoms with Crippen LogP contribution in [0.3, 0.4) is 0 Å². The Balaban J connectivity index is 2.37. The van der Waals surface area contributed by atoms with Gasteiger partial charge in [0.25, 0.3) is 5.88 Å². The lowest BCUT2D eigenvalue weighted by Gasteiger charge is -2.02. The zero-order chi connectivity index (χ0) is 11.4. The minimum atomic E-state index is 0.485. The average molecular weight is 233 g/mol. The predicted octanol–water partition coefficient (Wildman–Crippen LogP) is 2.71. The highest BCUT2D eigenvalue weighted by atomic mass is 32.2. The van der Waals surface area contributed by atoms with Crippen molar-refractivity contribution in [2.24, 2.45) is 5.16 Å². The number of rotatable bonds is 2. The molecule has 0 saturated carbocycles. The molecule has 16 heavy (non-hydrogen) atoms. The second-order valence-electron chi connectivity index (χ2n) is 3.10. The van der Waals surface area contributed by atoms with Crippen LogP contribution in [-0.2, 0) is 0 Å². The van der Waals surface area contributed by atoms with E-state index < -0.39 is 0 Å². The van der Waals surface area contributed by atoms with E-state index in [1.54, 1.807) is 0 Å². The molecule has 1 aromatic carbocycles. The maximum Gasteiger partial charge on any atom is 0.259 e. The van der Waals surface area contributed by atoms with Gasteiger partial charge in [0.15, 0.2) is 0 Å². The molecule has 82 valence electrons. The van der Waals surface area contributed by atoms with Crippen LogP contribution in [0, 0.1) is 0 Å². The molecule has 0 saturated heterocycles. The smallest absolute Gasteiger partial charge is 0.259 e. The molecule has 0 aliphatic heterocycles. The van der Waals surface area contributed by atoms with E-state index in [1.165, 1.54) is 18.1 Å². The molecule has 0 unspecified atom stereocenters. The van der Waals surface area contributed by atoms with Gasteiger partial charge in [0.2, 0.25) is 0 Å². The Morgan fingerprint density at radius 2 is 2.12 bits per heavy atom. The van der Waals surface area contributed by atoms with Crippen molar-refractivity contribution >= 4 is 27.7 Å². The van der Waals surface area contributed by atoms with Gasteiger partial charge in [0.05, 0.1) is 10.9 Å². The molecule has 4 nitrogen and oxygen atoms in total. The van der Waals surface area contributed by atoms with Crippen molar-refractivity contribution in [3.8, 4) is 5.88 Å². The molecule has 2 rings (SSSR count). The number of hydrogen-bond acceptors (Lipinski definition) is 5. The van der Waals surface area contributed by atoms with E-state index in [9.17, 15) is 0 Å². The standard InChI is InChI=1S/C11H11N3OS/c1-8(16-2)14-15-11-9-5-3-4-6-10(9)12-7-13-11/h3-7H,1-2H3/b14-8+. The van der Waals surface area contributed by atoms with Crippen LogP contribution in [0.1, 0.15) is 6.92 Å². The summed E-state index contributed by atoms with van der Waals surface area (Å²) in [6.07, 6.45) is 3.42. The van der Waals surface area contributed by atoms with E-state index >= 15 is 0 Å². The van der Waals surface area contributed by atoms with Gasteiger partial charge >= 0.3 is 0 Å². The first-order chi connectivity index (χ1) is 7.81. The molecule has 0 radical (unpaired) electrons. The summed E-state index contributed by atoms with van der Waals surface area (Å²) in [4.78, 5) is 13.5. The van der Waals surface area contributed by atoms with Crippen LogP contribution in [0.5, 0.6) is 5.88 Å². The van der Waals surface area contributed by atoms with Crippen LogP contribution in [0.2, 0.25) is 0 Å². The minimum Gasteiger partial charge on any atom is -0.335 e. The highest BCUT2D eigenvalue weighted by Gasteiger charge is 2.03. The molecule has 2 aromatic rings. The minimum absolute atomic E-state index is 0.485. The van der Waals surface area contributed by atoms with E-state index in [0.717, 1.165) is 15.9 Å². The lowest BCUT2D eigenvalue weighted by Crippen LogP contribution is -1.93. The first kappa shape index (κ1) is 10.9. The van der Waals surface area contributed by atoms with Gasteiger partial charge in [0.1, 0.15) is 11.4 Å². The van der Waals surface area contributed by atoms with Crippen molar-refractivity contribution in [3.05, 3.63) is 30.6 Å². The first-order valence-corrected chi connectivity index (χ1v) is 5.99. The molecule has 0 aliphatic carbocycles.